The van der Waals surface area contributed by atoms with Crippen LogP contribution in [0.15, 0.2) is 48.8 Å². The summed E-state index contributed by atoms with van der Waals surface area (Å²) >= 11 is 8.11. The third-order valence-corrected chi connectivity index (χ3v) is 7.13. The summed E-state index contributed by atoms with van der Waals surface area (Å²) < 4.78 is 7.76. The van der Waals surface area contributed by atoms with Crippen LogP contribution in [0.25, 0.3) is 26.8 Å². The van der Waals surface area contributed by atoms with Crippen LogP contribution in [0, 0.1) is 0 Å². The molecule has 172 valence electrons. The number of rotatable bonds is 4. The molecule has 3 heterocycles. The average Bonchev–Trinajstić information content (AvgIpc) is 3.46. The van der Waals surface area contributed by atoms with Crippen molar-refractivity contribution in [1.82, 2.24) is 25.4 Å². The van der Waals surface area contributed by atoms with Crippen molar-refractivity contribution in [2.75, 3.05) is 20.7 Å². The Bertz CT molecular complexity index is 1430. The van der Waals surface area contributed by atoms with E-state index in [0.29, 0.717) is 40.0 Å². The number of nitrogens with one attached hydrogen (secondary N) is 2. The zero-order valence-corrected chi connectivity index (χ0v) is 20.0. The van der Waals surface area contributed by atoms with Gasteiger partial charge in [-0.1, -0.05) is 11.6 Å². The van der Waals surface area contributed by atoms with Gasteiger partial charge in [-0.25, -0.2) is 0 Å². The minimum atomic E-state index is -0.208. The minimum absolute atomic E-state index is 0.157. The summed E-state index contributed by atoms with van der Waals surface area (Å²) in [5, 5.41) is 14.1. The van der Waals surface area contributed by atoms with Gasteiger partial charge in [0, 0.05) is 42.1 Å². The number of carbonyl (C=O) groups excluding carboxylic acids is 2. The number of hydrogen-bond acceptors (Lipinski definition) is 6. The summed E-state index contributed by atoms with van der Waals surface area (Å²) in [6.45, 7) is 0.507. The summed E-state index contributed by atoms with van der Waals surface area (Å²) in [7, 11) is 3.18. The number of benzene rings is 2. The lowest BCUT2D eigenvalue weighted by molar-refractivity contribution is 0.0955. The first-order chi connectivity index (χ1) is 16.5. The fraction of sp³-hybridized carbons (Fsp3) is 0.167. The normalized spacial score (nSPS) is 12.2. The van der Waals surface area contributed by atoms with Crippen molar-refractivity contribution in [1.29, 1.82) is 0 Å². The van der Waals surface area contributed by atoms with Gasteiger partial charge in [0.1, 0.15) is 12.1 Å². The van der Waals surface area contributed by atoms with Gasteiger partial charge in [-0.2, -0.15) is 0 Å². The molecule has 2 amide bonds. The Labute approximate surface area is 204 Å². The Balaban J connectivity index is 1.56. The molecule has 0 radical (unpaired) electrons. The maximum Gasteiger partial charge on any atom is 0.251 e. The number of hydrogen-bond donors (Lipinski definition) is 2. The van der Waals surface area contributed by atoms with Crippen LogP contribution in [-0.2, 0) is 6.42 Å². The van der Waals surface area contributed by atoms with E-state index in [9.17, 15) is 9.59 Å². The lowest BCUT2D eigenvalue weighted by atomic mass is 10.1. The van der Waals surface area contributed by atoms with Crippen molar-refractivity contribution < 1.29 is 14.3 Å². The molecular weight excluding hydrogens is 474 g/mol. The van der Waals surface area contributed by atoms with Crippen LogP contribution in [0.4, 0.5) is 0 Å². The number of fused-ring (bicyclic) bond motifs is 3. The molecule has 0 fully saturated rings. The SMILES string of the molecule is CNC(=O)c1ccc(-n2cnnc2-c2cc3c(s2)-c2ccc(C(=O)NC)cc2OCC3)c(Cl)c1. The van der Waals surface area contributed by atoms with Gasteiger partial charge in [0.25, 0.3) is 11.8 Å². The molecule has 0 saturated heterocycles. The lowest BCUT2D eigenvalue weighted by Gasteiger charge is -2.10. The molecule has 1 aliphatic rings. The van der Waals surface area contributed by atoms with E-state index in [0.717, 1.165) is 27.3 Å². The van der Waals surface area contributed by atoms with Gasteiger partial charge in [-0.05, 0) is 48.0 Å². The first kappa shape index (κ1) is 22.1. The van der Waals surface area contributed by atoms with E-state index in [-0.39, 0.29) is 11.8 Å². The molecule has 10 heteroatoms. The van der Waals surface area contributed by atoms with Crippen molar-refractivity contribution >= 4 is 34.8 Å². The van der Waals surface area contributed by atoms with Crippen molar-refractivity contribution in [2.45, 2.75) is 6.42 Å². The highest BCUT2D eigenvalue weighted by Crippen LogP contribution is 2.44. The molecule has 2 aromatic carbocycles. The molecule has 2 N–H and O–H groups in total. The molecule has 0 unspecified atom stereocenters. The number of thiophene rings is 1. The van der Waals surface area contributed by atoms with Gasteiger partial charge in [-0.15, -0.1) is 21.5 Å². The molecule has 0 atom stereocenters. The van der Waals surface area contributed by atoms with Gasteiger partial charge in [0.05, 0.1) is 22.2 Å². The van der Waals surface area contributed by atoms with Crippen molar-refractivity contribution in [3.8, 4) is 32.6 Å². The van der Waals surface area contributed by atoms with E-state index >= 15 is 0 Å². The zero-order valence-electron chi connectivity index (χ0n) is 18.4. The number of carbonyl (C=O) groups is 2. The largest absolute Gasteiger partial charge is 0.493 e. The lowest BCUT2D eigenvalue weighted by Crippen LogP contribution is -2.17. The Kier molecular flexibility index (Phi) is 5.80. The second kappa shape index (κ2) is 8.92. The number of nitrogens with zero attached hydrogens (tertiary/aromatic N) is 3. The quantitative estimate of drug-likeness (QED) is 0.448. The Morgan fingerprint density at radius 3 is 2.53 bits per heavy atom. The van der Waals surface area contributed by atoms with Crippen LogP contribution in [0.3, 0.4) is 0 Å². The highest BCUT2D eigenvalue weighted by atomic mass is 35.5. The maximum absolute atomic E-state index is 12.1. The van der Waals surface area contributed by atoms with Crippen LogP contribution in [0.2, 0.25) is 5.02 Å². The molecule has 1 aliphatic heterocycles. The number of ether oxygens (including phenoxy) is 1. The highest BCUT2D eigenvalue weighted by Gasteiger charge is 2.23. The Morgan fingerprint density at radius 1 is 1.06 bits per heavy atom. The first-order valence-corrected chi connectivity index (χ1v) is 11.7. The molecule has 0 spiro atoms. The van der Waals surface area contributed by atoms with Crippen LogP contribution in [0.5, 0.6) is 5.75 Å². The van der Waals surface area contributed by atoms with E-state index < -0.39 is 0 Å². The van der Waals surface area contributed by atoms with Crippen LogP contribution in [0.1, 0.15) is 26.3 Å². The summed E-state index contributed by atoms with van der Waals surface area (Å²) in [6, 6.07) is 12.7. The van der Waals surface area contributed by atoms with Crippen LogP contribution in [-0.4, -0.2) is 47.3 Å². The molecule has 34 heavy (non-hydrogen) atoms. The Hall–Kier alpha value is -3.69. The minimum Gasteiger partial charge on any atom is -0.493 e. The average molecular weight is 494 g/mol. The molecule has 5 rings (SSSR count). The fourth-order valence-corrected chi connectivity index (χ4v) is 5.40. The molecule has 8 nitrogen and oxygen atoms in total. The van der Waals surface area contributed by atoms with Gasteiger partial charge in [0.2, 0.25) is 0 Å². The van der Waals surface area contributed by atoms with Gasteiger partial charge in [0.15, 0.2) is 5.82 Å². The predicted octanol–water partition coefficient (Wildman–Crippen LogP) is 3.97. The summed E-state index contributed by atoms with van der Waals surface area (Å²) in [5.41, 5.74) is 3.78. The van der Waals surface area contributed by atoms with Crippen LogP contribution < -0.4 is 15.4 Å². The van der Waals surface area contributed by atoms with Crippen molar-refractivity contribution in [2.24, 2.45) is 0 Å². The standard InChI is InChI=1S/C24H20ClN5O3S/c1-26-23(31)14-4-6-18(17(25)9-14)30-12-28-29-22(30)20-11-13-7-8-33-19-10-15(24(32)27-2)3-5-16(19)21(13)34-20/h3-6,9-12H,7-8H2,1-2H3,(H,26,31)(H,27,32). The molecular formula is C24H20ClN5O3S. The van der Waals surface area contributed by atoms with Gasteiger partial charge in [-0.3, -0.25) is 14.2 Å². The third-order valence-electron chi connectivity index (χ3n) is 5.62. The molecule has 0 saturated carbocycles. The van der Waals surface area contributed by atoms with E-state index in [2.05, 4.69) is 26.9 Å². The molecule has 4 aromatic rings. The molecule has 2 aromatic heterocycles. The maximum atomic E-state index is 12.1. The van der Waals surface area contributed by atoms with Gasteiger partial charge >= 0.3 is 0 Å². The molecule has 0 aliphatic carbocycles. The monoisotopic (exact) mass is 493 g/mol. The van der Waals surface area contributed by atoms with Crippen molar-refractivity contribution in [3.63, 3.8) is 0 Å². The number of amides is 2. The summed E-state index contributed by atoms with van der Waals surface area (Å²) in [6.07, 6.45) is 2.33. The van der Waals surface area contributed by atoms with E-state index in [1.54, 1.807) is 62.1 Å². The number of halogens is 1. The topological polar surface area (TPSA) is 98.1 Å². The third kappa shape index (κ3) is 3.82. The Morgan fingerprint density at radius 2 is 1.79 bits per heavy atom. The second-order valence-corrected chi connectivity index (χ2v) is 9.08. The first-order valence-electron chi connectivity index (χ1n) is 10.5. The number of aromatic nitrogens is 3. The smallest absolute Gasteiger partial charge is 0.251 e. The van der Waals surface area contributed by atoms with E-state index in [1.165, 1.54) is 0 Å². The van der Waals surface area contributed by atoms with Crippen LogP contribution >= 0.6 is 22.9 Å². The fourth-order valence-electron chi connectivity index (χ4n) is 3.91. The molecule has 0 bridgehead atoms. The van der Waals surface area contributed by atoms with Crippen molar-refractivity contribution in [3.05, 3.63) is 70.5 Å². The summed E-state index contributed by atoms with van der Waals surface area (Å²) in [5.74, 6) is 0.967. The van der Waals surface area contributed by atoms with Gasteiger partial charge < -0.3 is 15.4 Å². The highest BCUT2D eigenvalue weighted by molar-refractivity contribution is 7.19. The zero-order chi connectivity index (χ0) is 23.8. The van der Waals surface area contributed by atoms with E-state index in [4.69, 9.17) is 16.3 Å². The van der Waals surface area contributed by atoms with E-state index in [1.807, 2.05) is 10.6 Å². The summed E-state index contributed by atoms with van der Waals surface area (Å²) in [4.78, 5) is 26.0. The predicted molar refractivity (Wildman–Crippen MR) is 131 cm³/mol. The second-order valence-electron chi connectivity index (χ2n) is 7.62.